The van der Waals surface area contributed by atoms with Crippen molar-refractivity contribution in [3.8, 4) is 17.6 Å². The highest BCUT2D eigenvalue weighted by Crippen LogP contribution is 2.18. The first-order chi connectivity index (χ1) is 10.2. The molecule has 0 saturated heterocycles. The Morgan fingerprint density at radius 1 is 0.952 bits per heavy atom. The summed E-state index contributed by atoms with van der Waals surface area (Å²) in [5.74, 6) is 1.69. The van der Waals surface area contributed by atoms with Crippen molar-refractivity contribution in [3.05, 3.63) is 59.2 Å². The summed E-state index contributed by atoms with van der Waals surface area (Å²) in [5, 5.41) is 8.61. The van der Waals surface area contributed by atoms with E-state index in [0.29, 0.717) is 19.6 Å². The Balaban J connectivity index is 1.78. The predicted octanol–water partition coefficient (Wildman–Crippen LogP) is 3.83. The van der Waals surface area contributed by atoms with Crippen LogP contribution in [0.5, 0.6) is 11.5 Å². The summed E-state index contributed by atoms with van der Waals surface area (Å²) in [6.07, 6.45) is 0.427. The first-order valence-electron chi connectivity index (χ1n) is 6.98. The van der Waals surface area contributed by atoms with Gasteiger partial charge in [-0.05, 0) is 43.2 Å². The minimum Gasteiger partial charge on any atom is -0.490 e. The number of rotatable bonds is 6. The molecule has 0 fully saturated rings. The third kappa shape index (κ3) is 4.54. The van der Waals surface area contributed by atoms with Crippen LogP contribution in [0.2, 0.25) is 0 Å². The monoisotopic (exact) mass is 281 g/mol. The van der Waals surface area contributed by atoms with Gasteiger partial charge >= 0.3 is 0 Å². The molecule has 0 radical (unpaired) electrons. The summed E-state index contributed by atoms with van der Waals surface area (Å²) in [6, 6.07) is 15.8. The fraction of sp³-hybridized carbons (Fsp3) is 0.278. The maximum Gasteiger partial charge on any atom is 0.122 e. The van der Waals surface area contributed by atoms with E-state index in [1.54, 1.807) is 0 Å². The molecule has 3 nitrogen and oxygen atoms in total. The van der Waals surface area contributed by atoms with Crippen LogP contribution in [-0.2, 0) is 6.42 Å². The number of ether oxygens (including phenoxy) is 2. The highest BCUT2D eigenvalue weighted by Gasteiger charge is 2.00. The molecule has 0 unspecified atom stereocenters. The van der Waals surface area contributed by atoms with Crippen LogP contribution in [0.4, 0.5) is 0 Å². The van der Waals surface area contributed by atoms with Crippen LogP contribution in [0.3, 0.4) is 0 Å². The van der Waals surface area contributed by atoms with E-state index >= 15 is 0 Å². The first kappa shape index (κ1) is 14.9. The SMILES string of the molecule is Cc1ccc(OCCOc2ccc(CC#N)cc2)c(C)c1. The average molecular weight is 281 g/mol. The van der Waals surface area contributed by atoms with E-state index in [4.69, 9.17) is 14.7 Å². The molecule has 0 aromatic heterocycles. The fourth-order valence-electron chi connectivity index (χ4n) is 2.07. The van der Waals surface area contributed by atoms with Crippen molar-refractivity contribution in [2.75, 3.05) is 13.2 Å². The Labute approximate surface area is 125 Å². The van der Waals surface area contributed by atoms with Crippen LogP contribution < -0.4 is 9.47 Å². The van der Waals surface area contributed by atoms with Gasteiger partial charge in [0.25, 0.3) is 0 Å². The van der Waals surface area contributed by atoms with Gasteiger partial charge in [0, 0.05) is 0 Å². The Hall–Kier alpha value is -2.47. The molecule has 0 heterocycles. The van der Waals surface area contributed by atoms with Crippen LogP contribution in [0.25, 0.3) is 0 Å². The molecule has 0 bridgehead atoms. The van der Waals surface area contributed by atoms with Crippen LogP contribution >= 0.6 is 0 Å². The van der Waals surface area contributed by atoms with Crippen LogP contribution in [0.15, 0.2) is 42.5 Å². The van der Waals surface area contributed by atoms with Gasteiger partial charge in [-0.25, -0.2) is 0 Å². The number of hydrogen-bond donors (Lipinski definition) is 0. The lowest BCUT2D eigenvalue weighted by Crippen LogP contribution is -2.09. The van der Waals surface area contributed by atoms with Gasteiger partial charge in [0.2, 0.25) is 0 Å². The van der Waals surface area contributed by atoms with Gasteiger partial charge in [-0.15, -0.1) is 0 Å². The summed E-state index contributed by atoms with van der Waals surface area (Å²) in [7, 11) is 0. The zero-order valence-electron chi connectivity index (χ0n) is 12.4. The third-order valence-electron chi connectivity index (χ3n) is 3.15. The molecule has 108 valence electrons. The molecule has 0 N–H and O–H groups in total. The zero-order chi connectivity index (χ0) is 15.1. The molecule has 2 aromatic rings. The van der Waals surface area contributed by atoms with Gasteiger partial charge < -0.3 is 9.47 Å². The maximum absolute atomic E-state index is 8.61. The second-order valence-electron chi connectivity index (χ2n) is 4.94. The molecule has 21 heavy (non-hydrogen) atoms. The van der Waals surface area contributed by atoms with E-state index < -0.39 is 0 Å². The van der Waals surface area contributed by atoms with E-state index in [0.717, 1.165) is 22.6 Å². The van der Waals surface area contributed by atoms with Gasteiger partial charge in [-0.1, -0.05) is 29.8 Å². The Morgan fingerprint density at radius 3 is 2.33 bits per heavy atom. The van der Waals surface area contributed by atoms with Crippen LogP contribution in [0, 0.1) is 25.2 Å². The predicted molar refractivity (Wildman–Crippen MR) is 82.7 cm³/mol. The van der Waals surface area contributed by atoms with Crippen molar-refractivity contribution in [2.45, 2.75) is 20.3 Å². The molecule has 0 aliphatic heterocycles. The lowest BCUT2D eigenvalue weighted by atomic mass is 10.1. The number of benzene rings is 2. The highest BCUT2D eigenvalue weighted by atomic mass is 16.5. The molecule has 2 aromatic carbocycles. The number of nitrogens with zero attached hydrogens (tertiary/aromatic N) is 1. The summed E-state index contributed by atoms with van der Waals surface area (Å²) in [6.45, 7) is 5.10. The van der Waals surface area contributed by atoms with Crippen molar-refractivity contribution in [3.63, 3.8) is 0 Å². The maximum atomic E-state index is 8.61. The zero-order valence-corrected chi connectivity index (χ0v) is 12.4. The minimum absolute atomic E-state index is 0.427. The summed E-state index contributed by atoms with van der Waals surface area (Å²) >= 11 is 0. The van der Waals surface area contributed by atoms with Crippen molar-refractivity contribution in [1.29, 1.82) is 5.26 Å². The minimum atomic E-state index is 0.427. The van der Waals surface area contributed by atoms with E-state index in [9.17, 15) is 0 Å². The van der Waals surface area contributed by atoms with Crippen molar-refractivity contribution in [1.82, 2.24) is 0 Å². The molecule has 3 heteroatoms. The van der Waals surface area contributed by atoms with Gasteiger partial charge in [0.15, 0.2) is 0 Å². The Kier molecular flexibility index (Phi) is 5.22. The average Bonchev–Trinajstić information content (AvgIpc) is 2.47. The standard InChI is InChI=1S/C18H19NO2/c1-14-3-8-18(15(2)13-14)21-12-11-20-17-6-4-16(5-7-17)9-10-19/h3-8,13H,9,11-12H2,1-2H3. The second-order valence-corrected chi connectivity index (χ2v) is 4.94. The topological polar surface area (TPSA) is 42.2 Å². The van der Waals surface area contributed by atoms with Crippen molar-refractivity contribution < 1.29 is 9.47 Å². The van der Waals surface area contributed by atoms with E-state index in [-0.39, 0.29) is 0 Å². The molecular formula is C18H19NO2. The molecule has 0 saturated carbocycles. The Morgan fingerprint density at radius 2 is 1.67 bits per heavy atom. The van der Waals surface area contributed by atoms with E-state index in [2.05, 4.69) is 19.1 Å². The van der Waals surface area contributed by atoms with Crippen molar-refractivity contribution in [2.24, 2.45) is 0 Å². The van der Waals surface area contributed by atoms with Gasteiger partial charge in [0.1, 0.15) is 24.7 Å². The van der Waals surface area contributed by atoms with Gasteiger partial charge in [-0.2, -0.15) is 5.26 Å². The molecule has 0 spiro atoms. The summed E-state index contributed by atoms with van der Waals surface area (Å²) in [4.78, 5) is 0. The molecule has 0 atom stereocenters. The first-order valence-corrected chi connectivity index (χ1v) is 6.98. The molecular weight excluding hydrogens is 262 g/mol. The molecule has 0 amide bonds. The molecule has 0 aliphatic carbocycles. The van der Waals surface area contributed by atoms with Crippen molar-refractivity contribution >= 4 is 0 Å². The van der Waals surface area contributed by atoms with E-state index in [1.165, 1.54) is 5.56 Å². The second kappa shape index (κ2) is 7.35. The highest BCUT2D eigenvalue weighted by molar-refractivity contribution is 5.35. The number of aryl methyl sites for hydroxylation is 2. The molecule has 0 aliphatic rings. The van der Waals surface area contributed by atoms with Crippen LogP contribution in [0.1, 0.15) is 16.7 Å². The summed E-state index contributed by atoms with van der Waals surface area (Å²) < 4.78 is 11.3. The lowest BCUT2D eigenvalue weighted by molar-refractivity contribution is 0.216. The largest absolute Gasteiger partial charge is 0.490 e. The number of hydrogen-bond acceptors (Lipinski definition) is 3. The summed E-state index contributed by atoms with van der Waals surface area (Å²) in [5.41, 5.74) is 3.36. The Bertz CT molecular complexity index is 627. The lowest BCUT2D eigenvalue weighted by Gasteiger charge is -2.11. The van der Waals surface area contributed by atoms with Gasteiger partial charge in [-0.3, -0.25) is 0 Å². The third-order valence-corrected chi connectivity index (χ3v) is 3.15. The number of nitriles is 1. The van der Waals surface area contributed by atoms with Crippen LogP contribution in [-0.4, -0.2) is 13.2 Å². The quantitative estimate of drug-likeness (QED) is 0.756. The fourth-order valence-corrected chi connectivity index (χ4v) is 2.07. The van der Waals surface area contributed by atoms with E-state index in [1.807, 2.05) is 43.3 Å². The molecule has 2 rings (SSSR count). The normalized spacial score (nSPS) is 9.95. The van der Waals surface area contributed by atoms with Gasteiger partial charge in [0.05, 0.1) is 12.5 Å². The smallest absolute Gasteiger partial charge is 0.122 e.